The van der Waals surface area contributed by atoms with Crippen molar-refractivity contribution in [2.24, 2.45) is 0 Å². The molecule has 2 aromatic rings. The van der Waals surface area contributed by atoms with Gasteiger partial charge in [-0.25, -0.2) is 4.79 Å². The number of benzene rings is 1. The van der Waals surface area contributed by atoms with Gasteiger partial charge in [-0.1, -0.05) is 30.3 Å². The number of aromatic amines is 1. The van der Waals surface area contributed by atoms with Crippen molar-refractivity contribution in [2.75, 3.05) is 0 Å². The molecule has 17 heavy (non-hydrogen) atoms. The minimum absolute atomic E-state index is 0.0346. The van der Waals surface area contributed by atoms with Gasteiger partial charge < -0.3 is 0 Å². The molecule has 0 saturated heterocycles. The third-order valence-electron chi connectivity index (χ3n) is 2.69. The summed E-state index contributed by atoms with van der Waals surface area (Å²) in [6.45, 7) is 1.87. The first-order chi connectivity index (χ1) is 8.09. The van der Waals surface area contributed by atoms with E-state index in [9.17, 15) is 9.59 Å². The number of nitrogens with one attached hydrogen (secondary N) is 1. The molecule has 1 aromatic carbocycles. The molecule has 2 radical (unpaired) electrons. The van der Waals surface area contributed by atoms with Gasteiger partial charge in [0.15, 0.2) is 0 Å². The molecule has 0 amide bonds. The van der Waals surface area contributed by atoms with Crippen LogP contribution in [-0.4, -0.2) is 17.4 Å². The van der Waals surface area contributed by atoms with Crippen LogP contribution >= 0.6 is 0 Å². The molecule has 1 unspecified atom stereocenters. The van der Waals surface area contributed by atoms with Gasteiger partial charge in [-0.15, -0.1) is 0 Å². The Morgan fingerprint density at radius 3 is 2.53 bits per heavy atom. The predicted molar refractivity (Wildman–Crippen MR) is 67.0 cm³/mol. The van der Waals surface area contributed by atoms with E-state index < -0.39 is 11.2 Å². The minimum Gasteiger partial charge on any atom is -0.294 e. The lowest BCUT2D eigenvalue weighted by Crippen LogP contribution is -2.40. The minimum atomic E-state index is -0.550. The third-order valence-corrected chi connectivity index (χ3v) is 2.69. The smallest absolute Gasteiger partial charge is 0.294 e. The Morgan fingerprint density at radius 1 is 1.24 bits per heavy atom. The Labute approximate surface area is 99.3 Å². The number of hydrogen-bond acceptors (Lipinski definition) is 2. The van der Waals surface area contributed by atoms with Crippen LogP contribution in [0.15, 0.2) is 46.1 Å². The van der Waals surface area contributed by atoms with E-state index in [2.05, 4.69) is 4.98 Å². The molecule has 84 valence electrons. The number of hydrogen-bond donors (Lipinski definition) is 1. The second kappa shape index (κ2) is 4.45. The van der Waals surface area contributed by atoms with E-state index in [-0.39, 0.29) is 11.5 Å². The van der Waals surface area contributed by atoms with Crippen LogP contribution in [0.4, 0.5) is 0 Å². The van der Waals surface area contributed by atoms with Gasteiger partial charge in [-0.2, -0.15) is 0 Å². The lowest BCUT2D eigenvalue weighted by Gasteiger charge is -2.15. The number of rotatable bonds is 2. The molecule has 4 nitrogen and oxygen atoms in total. The zero-order valence-corrected chi connectivity index (χ0v) is 9.38. The standard InChI is InChI=1S/C12H11BN2O2/c1-8(9-5-3-2-4-6-9)15-7-10(13)11(16)14-12(15)17/h2-8H,1H3,(H,14,16,17). The Bertz CT molecular complexity index is 631. The number of H-pyrrole nitrogens is 1. The van der Waals surface area contributed by atoms with Crippen molar-refractivity contribution in [1.29, 1.82) is 0 Å². The van der Waals surface area contributed by atoms with Gasteiger partial charge in [0.25, 0.3) is 0 Å². The molecule has 0 fully saturated rings. The first-order valence-corrected chi connectivity index (χ1v) is 5.25. The van der Waals surface area contributed by atoms with Crippen molar-refractivity contribution >= 4 is 13.3 Å². The molecule has 5 heteroatoms. The van der Waals surface area contributed by atoms with E-state index in [0.717, 1.165) is 5.56 Å². The van der Waals surface area contributed by atoms with E-state index in [1.54, 1.807) is 0 Å². The second-order valence-electron chi connectivity index (χ2n) is 3.84. The summed E-state index contributed by atoms with van der Waals surface area (Å²) in [5.74, 6) is 0. The molecule has 1 atom stereocenters. The van der Waals surface area contributed by atoms with E-state index in [4.69, 9.17) is 7.85 Å². The second-order valence-corrected chi connectivity index (χ2v) is 3.84. The van der Waals surface area contributed by atoms with E-state index >= 15 is 0 Å². The highest BCUT2D eigenvalue weighted by atomic mass is 16.2. The molecule has 0 aliphatic heterocycles. The maximum Gasteiger partial charge on any atom is 0.328 e. The fourth-order valence-corrected chi connectivity index (χ4v) is 1.68. The quantitative estimate of drug-likeness (QED) is 0.729. The highest BCUT2D eigenvalue weighted by Gasteiger charge is 2.09. The molecule has 0 bridgehead atoms. The monoisotopic (exact) mass is 226 g/mol. The molecular weight excluding hydrogens is 215 g/mol. The lowest BCUT2D eigenvalue weighted by molar-refractivity contribution is 0.597. The summed E-state index contributed by atoms with van der Waals surface area (Å²) in [4.78, 5) is 25.0. The molecule has 0 aliphatic rings. The van der Waals surface area contributed by atoms with Gasteiger partial charge in [0, 0.05) is 6.20 Å². The van der Waals surface area contributed by atoms with Crippen molar-refractivity contribution < 1.29 is 0 Å². The first kappa shape index (κ1) is 11.5. The fraction of sp³-hybridized carbons (Fsp3) is 0.167. The molecule has 0 saturated carbocycles. The Balaban J connectivity index is 2.52. The molecule has 0 spiro atoms. The summed E-state index contributed by atoms with van der Waals surface area (Å²) in [6.07, 6.45) is 1.37. The van der Waals surface area contributed by atoms with Gasteiger partial charge >= 0.3 is 5.69 Å². The number of aromatic nitrogens is 2. The average molecular weight is 226 g/mol. The lowest BCUT2D eigenvalue weighted by atomic mass is 10.00. The topological polar surface area (TPSA) is 54.9 Å². The summed E-state index contributed by atoms with van der Waals surface area (Å²) < 4.78 is 1.41. The summed E-state index contributed by atoms with van der Waals surface area (Å²) in [5.41, 5.74) is 0.000458. The molecule has 1 heterocycles. The summed E-state index contributed by atoms with van der Waals surface area (Å²) in [6, 6.07) is 9.34. The summed E-state index contributed by atoms with van der Waals surface area (Å²) in [7, 11) is 5.50. The van der Waals surface area contributed by atoms with E-state index in [0.29, 0.717) is 0 Å². The van der Waals surface area contributed by atoms with Crippen LogP contribution in [0.3, 0.4) is 0 Å². The maximum absolute atomic E-state index is 11.7. The zero-order valence-electron chi connectivity index (χ0n) is 9.38. The average Bonchev–Trinajstić information content (AvgIpc) is 2.34. The van der Waals surface area contributed by atoms with Gasteiger partial charge in [-0.3, -0.25) is 14.3 Å². The fourth-order valence-electron chi connectivity index (χ4n) is 1.68. The van der Waals surface area contributed by atoms with Crippen molar-refractivity contribution in [3.63, 3.8) is 0 Å². The first-order valence-electron chi connectivity index (χ1n) is 5.25. The van der Waals surface area contributed by atoms with Gasteiger partial charge in [0.2, 0.25) is 5.56 Å². The van der Waals surface area contributed by atoms with Crippen LogP contribution in [0.25, 0.3) is 0 Å². The largest absolute Gasteiger partial charge is 0.328 e. The maximum atomic E-state index is 11.7. The van der Waals surface area contributed by atoms with E-state index in [1.165, 1.54) is 10.8 Å². The van der Waals surface area contributed by atoms with Crippen molar-refractivity contribution in [3.8, 4) is 0 Å². The van der Waals surface area contributed by atoms with Crippen LogP contribution in [0.5, 0.6) is 0 Å². The molecule has 0 aliphatic carbocycles. The Morgan fingerprint density at radius 2 is 1.88 bits per heavy atom. The van der Waals surface area contributed by atoms with Crippen LogP contribution in [0.1, 0.15) is 18.5 Å². The third kappa shape index (κ3) is 2.23. The summed E-state index contributed by atoms with van der Waals surface area (Å²) in [5, 5.41) is 0. The van der Waals surface area contributed by atoms with Crippen LogP contribution in [0, 0.1) is 0 Å². The predicted octanol–water partition coefficient (Wildman–Crippen LogP) is -0.0603. The SMILES string of the molecule is [B]c1cn(C(C)c2ccccc2)c(=O)[nH]c1=O. The highest BCUT2D eigenvalue weighted by molar-refractivity contribution is 6.31. The van der Waals surface area contributed by atoms with Crippen LogP contribution < -0.4 is 16.7 Å². The highest BCUT2D eigenvalue weighted by Crippen LogP contribution is 2.13. The number of nitrogens with zero attached hydrogens (tertiary/aromatic N) is 1. The van der Waals surface area contributed by atoms with Gasteiger partial charge in [-0.05, 0) is 17.9 Å². The summed E-state index contributed by atoms with van der Waals surface area (Å²) >= 11 is 0. The van der Waals surface area contributed by atoms with Crippen molar-refractivity contribution in [1.82, 2.24) is 9.55 Å². The molecular formula is C12H11BN2O2. The van der Waals surface area contributed by atoms with Crippen molar-refractivity contribution in [2.45, 2.75) is 13.0 Å². The van der Waals surface area contributed by atoms with E-state index in [1.807, 2.05) is 37.3 Å². The molecule has 2 rings (SSSR count). The Hall–Kier alpha value is -2.04. The van der Waals surface area contributed by atoms with Gasteiger partial charge in [0.1, 0.15) is 7.85 Å². The van der Waals surface area contributed by atoms with Gasteiger partial charge in [0.05, 0.1) is 6.04 Å². The normalized spacial score (nSPS) is 12.3. The zero-order chi connectivity index (χ0) is 12.4. The van der Waals surface area contributed by atoms with Crippen LogP contribution in [-0.2, 0) is 0 Å². The Kier molecular flexibility index (Phi) is 3.00. The molecule has 1 N–H and O–H groups in total. The van der Waals surface area contributed by atoms with Crippen molar-refractivity contribution in [3.05, 3.63) is 62.9 Å². The van der Waals surface area contributed by atoms with Crippen LogP contribution in [0.2, 0.25) is 0 Å². The molecule has 1 aromatic heterocycles.